The summed E-state index contributed by atoms with van der Waals surface area (Å²) in [7, 11) is -1.86. The van der Waals surface area contributed by atoms with E-state index in [1.165, 1.54) is 7.05 Å². The quantitative estimate of drug-likeness (QED) is 0.710. The van der Waals surface area contributed by atoms with Crippen molar-refractivity contribution in [1.82, 2.24) is 15.4 Å². The van der Waals surface area contributed by atoms with Crippen molar-refractivity contribution in [1.29, 1.82) is 0 Å². The summed E-state index contributed by atoms with van der Waals surface area (Å²) in [6, 6.07) is 7.05. The van der Waals surface area contributed by atoms with Crippen LogP contribution in [0.1, 0.15) is 31.4 Å². The van der Waals surface area contributed by atoms with Crippen molar-refractivity contribution in [2.75, 3.05) is 7.05 Å². The first kappa shape index (κ1) is 17.5. The van der Waals surface area contributed by atoms with Gasteiger partial charge in [-0.15, -0.1) is 0 Å². The Bertz CT molecular complexity index is 555. The topological polar surface area (TPSA) is 87.3 Å². The molecule has 0 aliphatic rings. The maximum Gasteiger partial charge on any atom is 0.315 e. The first-order chi connectivity index (χ1) is 9.86. The van der Waals surface area contributed by atoms with Crippen molar-refractivity contribution in [2.45, 2.75) is 38.6 Å². The van der Waals surface area contributed by atoms with Gasteiger partial charge in [-0.05, 0) is 31.5 Å². The summed E-state index contributed by atoms with van der Waals surface area (Å²) in [5, 5.41) is 5.57. The average molecular weight is 313 g/mol. The predicted molar refractivity (Wildman–Crippen MR) is 83.2 cm³/mol. The standard InChI is InChI=1S/C14H23N3O3S/c1-4-11(2)17-14(18)16-9-12-5-7-13(8-6-12)10-21(19,20)15-3/h5-8,11,15H,4,9-10H2,1-3H3,(H2,16,17,18). The second-order valence-electron chi connectivity index (χ2n) is 4.92. The van der Waals surface area contributed by atoms with Gasteiger partial charge in [0.1, 0.15) is 0 Å². The van der Waals surface area contributed by atoms with Gasteiger partial charge in [-0.1, -0.05) is 31.2 Å². The Morgan fingerprint density at radius 2 is 1.76 bits per heavy atom. The maximum atomic E-state index is 11.6. The fraction of sp³-hybridized carbons (Fsp3) is 0.500. The molecule has 1 unspecified atom stereocenters. The Balaban J connectivity index is 2.50. The zero-order valence-corrected chi connectivity index (χ0v) is 13.5. The molecule has 2 amide bonds. The third-order valence-corrected chi connectivity index (χ3v) is 4.47. The Morgan fingerprint density at radius 3 is 2.29 bits per heavy atom. The fourth-order valence-corrected chi connectivity index (χ4v) is 2.38. The second kappa shape index (κ2) is 7.99. The van der Waals surface area contributed by atoms with Crippen molar-refractivity contribution in [3.8, 4) is 0 Å². The van der Waals surface area contributed by atoms with Gasteiger partial charge in [0.2, 0.25) is 10.0 Å². The monoisotopic (exact) mass is 313 g/mol. The molecule has 0 heterocycles. The van der Waals surface area contributed by atoms with E-state index in [2.05, 4.69) is 15.4 Å². The van der Waals surface area contributed by atoms with E-state index in [1.807, 2.05) is 26.0 Å². The SMILES string of the molecule is CCC(C)NC(=O)NCc1ccc(CS(=O)(=O)NC)cc1. The van der Waals surface area contributed by atoms with E-state index in [9.17, 15) is 13.2 Å². The summed E-state index contributed by atoms with van der Waals surface area (Å²) in [5.74, 6) is -0.0499. The van der Waals surface area contributed by atoms with E-state index >= 15 is 0 Å². The van der Waals surface area contributed by atoms with Crippen LogP contribution in [0.3, 0.4) is 0 Å². The van der Waals surface area contributed by atoms with Gasteiger partial charge < -0.3 is 10.6 Å². The lowest BCUT2D eigenvalue weighted by atomic mass is 10.1. The molecule has 118 valence electrons. The minimum atomic E-state index is -3.26. The molecule has 21 heavy (non-hydrogen) atoms. The highest BCUT2D eigenvalue weighted by atomic mass is 32.2. The van der Waals surface area contributed by atoms with Gasteiger partial charge >= 0.3 is 6.03 Å². The Hall–Kier alpha value is -1.60. The van der Waals surface area contributed by atoms with E-state index in [4.69, 9.17) is 0 Å². The lowest BCUT2D eigenvalue weighted by Gasteiger charge is -2.12. The van der Waals surface area contributed by atoms with Crippen LogP contribution >= 0.6 is 0 Å². The summed E-state index contributed by atoms with van der Waals surface area (Å²) < 4.78 is 25.1. The summed E-state index contributed by atoms with van der Waals surface area (Å²) in [4.78, 5) is 11.6. The van der Waals surface area contributed by atoms with E-state index in [0.29, 0.717) is 12.1 Å². The van der Waals surface area contributed by atoms with Gasteiger partial charge in [-0.2, -0.15) is 0 Å². The minimum Gasteiger partial charge on any atom is -0.336 e. The lowest BCUT2D eigenvalue weighted by molar-refractivity contribution is 0.237. The molecule has 1 aromatic rings. The van der Waals surface area contributed by atoms with E-state index in [1.54, 1.807) is 12.1 Å². The van der Waals surface area contributed by atoms with Crippen LogP contribution in [0.25, 0.3) is 0 Å². The van der Waals surface area contributed by atoms with Crippen molar-refractivity contribution >= 4 is 16.1 Å². The van der Waals surface area contributed by atoms with Crippen molar-refractivity contribution in [2.24, 2.45) is 0 Å². The zero-order chi connectivity index (χ0) is 15.9. The third-order valence-electron chi connectivity index (χ3n) is 3.13. The van der Waals surface area contributed by atoms with Crippen LogP contribution < -0.4 is 15.4 Å². The van der Waals surface area contributed by atoms with Crippen LogP contribution in [-0.4, -0.2) is 27.5 Å². The molecule has 0 aromatic heterocycles. The molecule has 0 saturated heterocycles. The number of carbonyl (C=O) groups is 1. The van der Waals surface area contributed by atoms with E-state index in [-0.39, 0.29) is 17.8 Å². The highest BCUT2D eigenvalue weighted by Crippen LogP contribution is 2.07. The number of hydrogen-bond acceptors (Lipinski definition) is 3. The van der Waals surface area contributed by atoms with E-state index < -0.39 is 10.0 Å². The van der Waals surface area contributed by atoms with Crippen LogP contribution in [-0.2, 0) is 22.3 Å². The van der Waals surface area contributed by atoms with Crippen LogP contribution in [0, 0.1) is 0 Å². The molecule has 0 aliphatic heterocycles. The van der Waals surface area contributed by atoms with Gasteiger partial charge in [0.15, 0.2) is 0 Å². The normalized spacial score (nSPS) is 12.7. The van der Waals surface area contributed by atoms with Crippen molar-refractivity contribution in [3.63, 3.8) is 0 Å². The number of carbonyl (C=O) groups excluding carboxylic acids is 1. The van der Waals surface area contributed by atoms with Crippen LogP contribution in [0.5, 0.6) is 0 Å². The molecule has 1 aromatic carbocycles. The number of amides is 2. The molecule has 0 fully saturated rings. The van der Waals surface area contributed by atoms with Crippen LogP contribution in [0.2, 0.25) is 0 Å². The predicted octanol–water partition coefficient (Wildman–Crippen LogP) is 1.33. The molecule has 0 radical (unpaired) electrons. The molecular weight excluding hydrogens is 290 g/mol. The summed E-state index contributed by atoms with van der Waals surface area (Å²) in [5.41, 5.74) is 1.62. The minimum absolute atomic E-state index is 0.0499. The highest BCUT2D eigenvalue weighted by molar-refractivity contribution is 7.88. The van der Waals surface area contributed by atoms with Crippen LogP contribution in [0.15, 0.2) is 24.3 Å². The number of hydrogen-bond donors (Lipinski definition) is 3. The lowest BCUT2D eigenvalue weighted by Crippen LogP contribution is -2.40. The molecule has 0 saturated carbocycles. The third kappa shape index (κ3) is 6.59. The number of benzene rings is 1. The van der Waals surface area contributed by atoms with Gasteiger partial charge in [0.25, 0.3) is 0 Å². The van der Waals surface area contributed by atoms with E-state index in [0.717, 1.165) is 12.0 Å². The number of urea groups is 1. The average Bonchev–Trinajstić information content (AvgIpc) is 2.46. The Morgan fingerprint density at radius 1 is 1.19 bits per heavy atom. The number of rotatable bonds is 7. The molecule has 0 spiro atoms. The fourth-order valence-electron chi connectivity index (χ4n) is 1.60. The van der Waals surface area contributed by atoms with Gasteiger partial charge in [-0.25, -0.2) is 17.9 Å². The molecule has 1 atom stereocenters. The largest absolute Gasteiger partial charge is 0.336 e. The van der Waals surface area contributed by atoms with Crippen LogP contribution in [0.4, 0.5) is 4.79 Å². The molecular formula is C14H23N3O3S. The van der Waals surface area contributed by atoms with Crippen molar-refractivity contribution < 1.29 is 13.2 Å². The summed E-state index contributed by atoms with van der Waals surface area (Å²) in [6.07, 6.45) is 0.877. The van der Waals surface area contributed by atoms with Crippen molar-refractivity contribution in [3.05, 3.63) is 35.4 Å². The Labute approximate surface area is 126 Å². The second-order valence-corrected chi connectivity index (χ2v) is 6.84. The zero-order valence-electron chi connectivity index (χ0n) is 12.6. The Kier molecular flexibility index (Phi) is 6.64. The highest BCUT2D eigenvalue weighted by Gasteiger charge is 2.08. The summed E-state index contributed by atoms with van der Waals surface area (Å²) in [6.45, 7) is 4.35. The smallest absolute Gasteiger partial charge is 0.315 e. The number of sulfonamides is 1. The van der Waals surface area contributed by atoms with Gasteiger partial charge in [-0.3, -0.25) is 0 Å². The first-order valence-electron chi connectivity index (χ1n) is 6.89. The number of nitrogens with one attached hydrogen (secondary N) is 3. The van der Waals surface area contributed by atoms with Gasteiger partial charge in [0, 0.05) is 12.6 Å². The first-order valence-corrected chi connectivity index (χ1v) is 8.55. The molecule has 0 bridgehead atoms. The summed E-state index contributed by atoms with van der Waals surface area (Å²) >= 11 is 0. The maximum absolute atomic E-state index is 11.6. The molecule has 6 nitrogen and oxygen atoms in total. The molecule has 7 heteroatoms. The molecule has 0 aliphatic carbocycles. The van der Waals surface area contributed by atoms with Gasteiger partial charge in [0.05, 0.1) is 5.75 Å². The molecule has 1 rings (SSSR count). The molecule has 3 N–H and O–H groups in total.